The Morgan fingerprint density at radius 3 is 0.939 bits per heavy atom. The number of nitrogens with zero attached hydrogens (tertiary/aromatic N) is 2. The van der Waals surface area contributed by atoms with E-state index in [0.29, 0.717) is 0 Å². The molecular weight excluding hydrogens is 400 g/mol. The highest BCUT2D eigenvalue weighted by molar-refractivity contribution is 4.57. The third kappa shape index (κ3) is 14.2. The largest absolute Gasteiger partial charge is 0.324 e. The number of quaternary nitrogens is 2. The molecule has 0 N–H and O–H groups in total. The third-order valence-corrected chi connectivity index (χ3v) is 8.72. The van der Waals surface area contributed by atoms with Gasteiger partial charge in [-0.25, -0.2) is 0 Å². The second-order valence-corrected chi connectivity index (χ2v) is 11.8. The minimum Gasteiger partial charge on any atom is -0.324 e. The van der Waals surface area contributed by atoms with Gasteiger partial charge in [-0.15, -0.1) is 0 Å². The molecule has 0 saturated carbocycles. The fraction of sp³-hybridized carbons (Fsp3) is 1.00. The standard InChI is InChI=1S/C16H34N.C15H32N/c1-3-5-7-8-9-10-14-17(13-6-4-2)15-11-12-16-17;1-3-5-7-8-9-13-16(12-6-4-2)14-10-11-15-16/h3-16H2,1-2H3;3-15H2,1-2H3/q2*+1. The molecule has 2 aliphatic heterocycles. The summed E-state index contributed by atoms with van der Waals surface area (Å²) < 4.78 is 2.95. The molecule has 0 spiro atoms. The highest BCUT2D eigenvalue weighted by Crippen LogP contribution is 2.23. The summed E-state index contributed by atoms with van der Waals surface area (Å²) in [4.78, 5) is 0. The number of hydrogen-bond acceptors (Lipinski definition) is 0. The Morgan fingerprint density at radius 1 is 0.333 bits per heavy atom. The number of likely N-dealkylation sites (tertiary alicyclic amines) is 2. The lowest BCUT2D eigenvalue weighted by atomic mass is 10.1. The molecule has 0 amide bonds. The Balaban J connectivity index is 0.000000331. The minimum absolute atomic E-state index is 1.37. The van der Waals surface area contributed by atoms with Crippen molar-refractivity contribution < 1.29 is 8.97 Å². The summed E-state index contributed by atoms with van der Waals surface area (Å²) >= 11 is 0. The van der Waals surface area contributed by atoms with Crippen LogP contribution in [0, 0.1) is 0 Å². The van der Waals surface area contributed by atoms with E-state index in [9.17, 15) is 0 Å². The fourth-order valence-electron chi connectivity index (χ4n) is 6.40. The zero-order valence-electron chi connectivity index (χ0n) is 24.0. The van der Waals surface area contributed by atoms with Crippen molar-refractivity contribution in [1.29, 1.82) is 0 Å². The molecule has 0 radical (unpaired) electrons. The average molecular weight is 467 g/mol. The Hall–Kier alpha value is -0.0800. The van der Waals surface area contributed by atoms with E-state index in [2.05, 4.69) is 27.7 Å². The Bertz CT molecular complexity index is 407. The van der Waals surface area contributed by atoms with E-state index >= 15 is 0 Å². The van der Waals surface area contributed by atoms with Gasteiger partial charge in [-0.2, -0.15) is 0 Å². The SMILES string of the molecule is CCCCCCCC[N+]1(CCCC)CCCC1.CCCCCCC[N+]1(CCCC)CCCC1. The van der Waals surface area contributed by atoms with Crippen LogP contribution in [0.4, 0.5) is 0 Å². The van der Waals surface area contributed by atoms with Gasteiger partial charge in [-0.05, 0) is 38.5 Å². The molecule has 2 heteroatoms. The van der Waals surface area contributed by atoms with Crippen LogP contribution in [0.1, 0.15) is 150 Å². The molecule has 2 saturated heterocycles. The molecule has 0 bridgehead atoms. The van der Waals surface area contributed by atoms with Crippen LogP contribution in [0.5, 0.6) is 0 Å². The summed E-state index contributed by atoms with van der Waals surface area (Å²) in [6.07, 6.45) is 27.5. The first-order valence-electron chi connectivity index (χ1n) is 15.9. The van der Waals surface area contributed by atoms with Crippen LogP contribution in [-0.2, 0) is 0 Å². The fourth-order valence-corrected chi connectivity index (χ4v) is 6.40. The highest BCUT2D eigenvalue weighted by Gasteiger charge is 2.31. The van der Waals surface area contributed by atoms with Crippen molar-refractivity contribution in [3.05, 3.63) is 0 Å². The van der Waals surface area contributed by atoms with E-state index in [4.69, 9.17) is 0 Å². The second-order valence-electron chi connectivity index (χ2n) is 11.8. The van der Waals surface area contributed by atoms with Gasteiger partial charge in [-0.1, -0.05) is 85.5 Å². The van der Waals surface area contributed by atoms with E-state index in [0.717, 1.165) is 0 Å². The van der Waals surface area contributed by atoms with Crippen LogP contribution in [-0.4, -0.2) is 61.3 Å². The van der Waals surface area contributed by atoms with Crippen LogP contribution in [0.25, 0.3) is 0 Å². The highest BCUT2D eigenvalue weighted by atomic mass is 15.4. The van der Waals surface area contributed by atoms with Crippen molar-refractivity contribution in [2.45, 2.75) is 150 Å². The smallest absolute Gasteiger partial charge is 0.0788 e. The van der Waals surface area contributed by atoms with E-state index in [1.165, 1.54) is 183 Å². The molecule has 0 aromatic rings. The Labute approximate surface area is 211 Å². The molecule has 0 unspecified atom stereocenters. The minimum atomic E-state index is 1.37. The number of hydrogen-bond donors (Lipinski definition) is 0. The van der Waals surface area contributed by atoms with Gasteiger partial charge in [0.05, 0.1) is 52.4 Å². The Morgan fingerprint density at radius 2 is 0.606 bits per heavy atom. The molecule has 2 rings (SSSR count). The lowest BCUT2D eigenvalue weighted by Gasteiger charge is -2.34. The molecule has 0 atom stereocenters. The van der Waals surface area contributed by atoms with Crippen molar-refractivity contribution >= 4 is 0 Å². The van der Waals surface area contributed by atoms with Gasteiger partial charge in [0.2, 0.25) is 0 Å². The summed E-state index contributed by atoms with van der Waals surface area (Å²) in [7, 11) is 0. The molecule has 2 fully saturated rings. The van der Waals surface area contributed by atoms with Gasteiger partial charge in [0.25, 0.3) is 0 Å². The van der Waals surface area contributed by atoms with Crippen molar-refractivity contribution in [1.82, 2.24) is 0 Å². The van der Waals surface area contributed by atoms with Crippen LogP contribution < -0.4 is 0 Å². The first kappa shape index (κ1) is 31.0. The van der Waals surface area contributed by atoms with Crippen LogP contribution in [0.3, 0.4) is 0 Å². The number of unbranched alkanes of at least 4 members (excludes halogenated alkanes) is 11. The van der Waals surface area contributed by atoms with E-state index in [1.54, 1.807) is 0 Å². The zero-order valence-corrected chi connectivity index (χ0v) is 24.0. The quantitative estimate of drug-likeness (QED) is 0.131. The molecule has 0 aromatic carbocycles. The maximum Gasteiger partial charge on any atom is 0.0788 e. The summed E-state index contributed by atoms with van der Waals surface area (Å²) in [5.74, 6) is 0. The first-order valence-corrected chi connectivity index (χ1v) is 15.9. The molecule has 2 heterocycles. The predicted octanol–water partition coefficient (Wildman–Crippen LogP) is 9.13. The van der Waals surface area contributed by atoms with Crippen molar-refractivity contribution in [3.8, 4) is 0 Å². The van der Waals surface area contributed by atoms with Gasteiger partial charge in [0.15, 0.2) is 0 Å². The van der Waals surface area contributed by atoms with Gasteiger partial charge >= 0.3 is 0 Å². The van der Waals surface area contributed by atoms with Gasteiger partial charge < -0.3 is 8.97 Å². The molecule has 198 valence electrons. The first-order chi connectivity index (χ1) is 16.2. The molecule has 0 aromatic heterocycles. The molecule has 2 nitrogen and oxygen atoms in total. The summed E-state index contributed by atoms with van der Waals surface area (Å²) in [5, 5.41) is 0. The topological polar surface area (TPSA) is 0 Å². The molecule has 33 heavy (non-hydrogen) atoms. The lowest BCUT2D eigenvalue weighted by molar-refractivity contribution is -0.917. The molecular formula is C31H66N2+2. The molecule has 0 aliphatic carbocycles. The van der Waals surface area contributed by atoms with E-state index in [1.807, 2.05) is 0 Å². The maximum atomic E-state index is 2.33. The van der Waals surface area contributed by atoms with Crippen LogP contribution >= 0.6 is 0 Å². The summed E-state index contributed by atoms with van der Waals surface area (Å²) in [6, 6.07) is 0. The second kappa shape index (κ2) is 20.1. The van der Waals surface area contributed by atoms with Crippen molar-refractivity contribution in [2.24, 2.45) is 0 Å². The van der Waals surface area contributed by atoms with E-state index in [-0.39, 0.29) is 0 Å². The summed E-state index contributed by atoms with van der Waals surface area (Å²) in [5.41, 5.74) is 0. The summed E-state index contributed by atoms with van der Waals surface area (Å²) in [6.45, 7) is 21.1. The van der Waals surface area contributed by atoms with Crippen LogP contribution in [0.2, 0.25) is 0 Å². The van der Waals surface area contributed by atoms with Gasteiger partial charge in [-0.3, -0.25) is 0 Å². The third-order valence-electron chi connectivity index (χ3n) is 8.72. The van der Waals surface area contributed by atoms with Gasteiger partial charge in [0.1, 0.15) is 0 Å². The van der Waals surface area contributed by atoms with Gasteiger partial charge in [0, 0.05) is 25.7 Å². The maximum absolute atomic E-state index is 2.33. The normalized spacial score (nSPS) is 18.9. The monoisotopic (exact) mass is 467 g/mol. The zero-order chi connectivity index (χ0) is 24.1. The van der Waals surface area contributed by atoms with Crippen LogP contribution in [0.15, 0.2) is 0 Å². The van der Waals surface area contributed by atoms with Crippen molar-refractivity contribution in [2.75, 3.05) is 52.4 Å². The molecule has 2 aliphatic rings. The lowest BCUT2D eigenvalue weighted by Crippen LogP contribution is -2.46. The van der Waals surface area contributed by atoms with E-state index < -0.39 is 0 Å². The predicted molar refractivity (Wildman–Crippen MR) is 150 cm³/mol. The van der Waals surface area contributed by atoms with Crippen molar-refractivity contribution in [3.63, 3.8) is 0 Å². The number of rotatable bonds is 19. The Kier molecular flexibility index (Phi) is 18.9. The average Bonchev–Trinajstić information content (AvgIpc) is 3.50.